The summed E-state index contributed by atoms with van der Waals surface area (Å²) in [7, 11) is 0. The third-order valence-electron chi connectivity index (χ3n) is 9.54. The molecule has 2 aliphatic rings. The molecular weight excluding hydrogens is 648 g/mol. The van der Waals surface area contributed by atoms with Crippen molar-refractivity contribution in [2.45, 2.75) is 63.3 Å². The molecule has 15 nitrogen and oxygen atoms in total. The molecule has 2 aromatic carbocycles. The number of aliphatic hydroxyl groups is 2. The second-order valence-electron chi connectivity index (χ2n) is 13.0. The van der Waals surface area contributed by atoms with E-state index < -0.39 is 24.5 Å². The fourth-order valence-electron chi connectivity index (χ4n) is 6.78. The van der Waals surface area contributed by atoms with Gasteiger partial charge in [-0.05, 0) is 48.2 Å². The van der Waals surface area contributed by atoms with Gasteiger partial charge in [-0.3, -0.25) is 4.57 Å². The number of hydrogen-bond donors (Lipinski definition) is 4. The van der Waals surface area contributed by atoms with Crippen molar-refractivity contribution >= 4 is 28.7 Å². The van der Waals surface area contributed by atoms with Gasteiger partial charge in [0.25, 0.3) is 0 Å². The van der Waals surface area contributed by atoms with Crippen LogP contribution in [0.2, 0.25) is 0 Å². The number of hydrogen-bond acceptors (Lipinski definition) is 13. The van der Waals surface area contributed by atoms with E-state index in [1.807, 2.05) is 68.6 Å². The lowest BCUT2D eigenvalue weighted by Gasteiger charge is -2.22. The second kappa shape index (κ2) is 14.0. The van der Waals surface area contributed by atoms with Crippen molar-refractivity contribution in [1.82, 2.24) is 44.7 Å². The number of nitrogens with zero attached hydrogens (tertiary/aromatic N) is 10. The van der Waals surface area contributed by atoms with Crippen LogP contribution in [0.3, 0.4) is 0 Å². The summed E-state index contributed by atoms with van der Waals surface area (Å²) in [5, 5.41) is 41.8. The minimum atomic E-state index is -1.31. The van der Waals surface area contributed by atoms with Gasteiger partial charge in [0.2, 0.25) is 11.8 Å². The van der Waals surface area contributed by atoms with Crippen molar-refractivity contribution in [2.24, 2.45) is 0 Å². The van der Waals surface area contributed by atoms with E-state index in [0.717, 1.165) is 24.3 Å². The first kappa shape index (κ1) is 32.7. The van der Waals surface area contributed by atoms with E-state index in [2.05, 4.69) is 60.2 Å². The molecule has 4 N–H and O–H groups in total. The monoisotopic (exact) mass is 688 g/mol. The van der Waals surface area contributed by atoms with Gasteiger partial charge in [0, 0.05) is 37.8 Å². The van der Waals surface area contributed by atoms with Crippen LogP contribution in [0.15, 0.2) is 85.3 Å². The standard InChI is InChI=1S/C36H40N12O3/c1-3-48-44-33(43-45-48)31-29(49)30(50)35(51-31)47-21-39-28-32(38-19-26(23-10-6-4-7-11-23)24-12-8-5-9-13-24)41-36(42-34(28)47)46-17-16-25(20-46)40-27-15-14-22(2)18-37-27/h4-15,18,21,25-26,29-31,35,49-50H,3,16-17,19-20H2,1-2H3,(H,37,40)(H,38,41,42)/t25-,29?,30?,31?,35?/m1/s1. The number of rotatable bonds is 11. The van der Waals surface area contributed by atoms with Crippen molar-refractivity contribution in [3.63, 3.8) is 0 Å². The number of aliphatic hydroxyl groups excluding tert-OH is 2. The van der Waals surface area contributed by atoms with Gasteiger partial charge in [-0.2, -0.15) is 14.8 Å². The zero-order chi connectivity index (χ0) is 34.9. The Balaban J connectivity index is 1.13. The Morgan fingerprint density at radius 3 is 2.39 bits per heavy atom. The van der Waals surface area contributed by atoms with E-state index in [9.17, 15) is 10.2 Å². The Labute approximate surface area is 294 Å². The summed E-state index contributed by atoms with van der Waals surface area (Å²) in [4.78, 5) is 22.8. The van der Waals surface area contributed by atoms with Gasteiger partial charge in [0.1, 0.15) is 18.0 Å². The highest BCUT2D eigenvalue weighted by Crippen LogP contribution is 2.39. The molecular formula is C36H40N12O3. The van der Waals surface area contributed by atoms with Gasteiger partial charge < -0.3 is 30.5 Å². The smallest absolute Gasteiger partial charge is 0.229 e. The molecule has 4 unspecified atom stereocenters. The average molecular weight is 689 g/mol. The average Bonchev–Trinajstić information content (AvgIpc) is 3.98. The molecule has 6 aromatic rings. The number of benzene rings is 2. The van der Waals surface area contributed by atoms with Gasteiger partial charge in [-0.1, -0.05) is 66.7 Å². The summed E-state index contributed by atoms with van der Waals surface area (Å²) < 4.78 is 7.88. The highest BCUT2D eigenvalue weighted by Gasteiger charge is 2.47. The molecule has 0 saturated carbocycles. The van der Waals surface area contributed by atoms with Crippen LogP contribution in [0.5, 0.6) is 0 Å². The van der Waals surface area contributed by atoms with Crippen molar-refractivity contribution in [1.29, 1.82) is 0 Å². The van der Waals surface area contributed by atoms with Crippen LogP contribution in [0.25, 0.3) is 11.2 Å². The third-order valence-corrected chi connectivity index (χ3v) is 9.54. The summed E-state index contributed by atoms with van der Waals surface area (Å²) in [5.41, 5.74) is 4.41. The number of fused-ring (bicyclic) bond motifs is 1. The quantitative estimate of drug-likeness (QED) is 0.156. The fraction of sp³-hybridized carbons (Fsp3) is 0.361. The number of ether oxygens (including phenoxy) is 1. The summed E-state index contributed by atoms with van der Waals surface area (Å²) in [6, 6.07) is 24.9. The number of imidazole rings is 1. The largest absolute Gasteiger partial charge is 0.387 e. The Kier molecular flexibility index (Phi) is 8.98. The summed E-state index contributed by atoms with van der Waals surface area (Å²) in [6.45, 7) is 6.33. The maximum atomic E-state index is 11.3. The van der Waals surface area contributed by atoms with Gasteiger partial charge in [0.15, 0.2) is 29.3 Å². The number of aromatic nitrogens is 9. The number of tetrazole rings is 1. The molecule has 2 aliphatic heterocycles. The van der Waals surface area contributed by atoms with Gasteiger partial charge >= 0.3 is 0 Å². The number of aryl methyl sites for hydroxylation is 2. The van der Waals surface area contributed by atoms with E-state index in [0.29, 0.717) is 42.6 Å². The van der Waals surface area contributed by atoms with E-state index in [1.54, 1.807) is 10.9 Å². The molecule has 2 fully saturated rings. The Morgan fingerprint density at radius 1 is 0.941 bits per heavy atom. The minimum Gasteiger partial charge on any atom is -0.387 e. The van der Waals surface area contributed by atoms with E-state index in [1.165, 1.54) is 15.9 Å². The Hall–Kier alpha value is -5.51. The molecule has 262 valence electrons. The first-order chi connectivity index (χ1) is 24.9. The van der Waals surface area contributed by atoms with Crippen LogP contribution >= 0.6 is 0 Å². The first-order valence-corrected chi connectivity index (χ1v) is 17.3. The third kappa shape index (κ3) is 6.58. The van der Waals surface area contributed by atoms with Crippen molar-refractivity contribution < 1.29 is 14.9 Å². The molecule has 6 heterocycles. The Morgan fingerprint density at radius 2 is 1.71 bits per heavy atom. The van der Waals surface area contributed by atoms with Crippen LogP contribution in [0, 0.1) is 6.92 Å². The lowest BCUT2D eigenvalue weighted by Crippen LogP contribution is -2.30. The number of pyridine rings is 1. The van der Waals surface area contributed by atoms with Gasteiger partial charge in [-0.25, -0.2) is 9.97 Å². The topological polar surface area (TPSA) is 177 Å². The molecule has 15 heteroatoms. The fourth-order valence-corrected chi connectivity index (χ4v) is 6.78. The molecule has 2 saturated heterocycles. The van der Waals surface area contributed by atoms with Crippen molar-refractivity contribution in [3.8, 4) is 0 Å². The predicted octanol–water partition coefficient (Wildman–Crippen LogP) is 3.46. The van der Waals surface area contributed by atoms with Crippen LogP contribution < -0.4 is 15.5 Å². The predicted molar refractivity (Wildman–Crippen MR) is 190 cm³/mol. The highest BCUT2D eigenvalue weighted by molar-refractivity contribution is 5.84. The van der Waals surface area contributed by atoms with Crippen LogP contribution in [-0.2, 0) is 11.3 Å². The zero-order valence-corrected chi connectivity index (χ0v) is 28.4. The molecule has 51 heavy (non-hydrogen) atoms. The molecule has 8 rings (SSSR count). The second-order valence-corrected chi connectivity index (χ2v) is 13.0. The first-order valence-electron chi connectivity index (χ1n) is 17.3. The van der Waals surface area contributed by atoms with E-state index in [-0.39, 0.29) is 17.8 Å². The SMILES string of the molecule is CCn1nnc(C2OC(n3cnc4c(NCC(c5ccccc5)c5ccccc5)nc(N5CC[C@@H](Nc6ccc(C)cn6)C5)nc43)C(O)C2O)n1. The number of nitrogens with one attached hydrogen (secondary N) is 2. The molecule has 0 aliphatic carbocycles. The molecule has 0 radical (unpaired) electrons. The summed E-state index contributed by atoms with van der Waals surface area (Å²) >= 11 is 0. The molecule has 0 bridgehead atoms. The van der Waals surface area contributed by atoms with E-state index in [4.69, 9.17) is 19.7 Å². The lowest BCUT2D eigenvalue weighted by atomic mass is 9.91. The van der Waals surface area contributed by atoms with Gasteiger partial charge in [-0.15, -0.1) is 10.2 Å². The molecule has 0 spiro atoms. The van der Waals surface area contributed by atoms with Crippen LogP contribution in [-0.4, -0.2) is 92.8 Å². The lowest BCUT2D eigenvalue weighted by molar-refractivity contribution is -0.0384. The van der Waals surface area contributed by atoms with Gasteiger partial charge in [0.05, 0.1) is 12.9 Å². The normalized spacial score (nSPS) is 21.9. The van der Waals surface area contributed by atoms with Crippen molar-refractivity contribution in [3.05, 3.63) is 108 Å². The maximum absolute atomic E-state index is 11.3. The Bertz CT molecular complexity index is 2030. The number of anilines is 3. The molecule has 0 amide bonds. The summed E-state index contributed by atoms with van der Waals surface area (Å²) in [5.74, 6) is 2.12. The maximum Gasteiger partial charge on any atom is 0.229 e. The minimum absolute atomic E-state index is 0.0326. The van der Waals surface area contributed by atoms with Crippen molar-refractivity contribution in [2.75, 3.05) is 35.2 Å². The highest BCUT2D eigenvalue weighted by atomic mass is 16.6. The molecule has 4 aromatic heterocycles. The van der Waals surface area contributed by atoms with Crippen LogP contribution in [0.1, 0.15) is 54.1 Å². The zero-order valence-electron chi connectivity index (χ0n) is 28.4. The van der Waals surface area contributed by atoms with E-state index >= 15 is 0 Å². The van der Waals surface area contributed by atoms with Crippen LogP contribution in [0.4, 0.5) is 17.6 Å². The molecule has 5 atom stereocenters. The summed E-state index contributed by atoms with van der Waals surface area (Å²) in [6.07, 6.45) is -0.310.